The average molecular weight is 213 g/mol. The lowest BCUT2D eigenvalue weighted by atomic mass is 10.2. The Morgan fingerprint density at radius 2 is 2.12 bits per heavy atom. The van der Waals surface area contributed by atoms with Crippen LogP contribution in [0.2, 0.25) is 0 Å². The molecule has 0 atom stereocenters. The first kappa shape index (κ1) is 10.6. The molecule has 0 aliphatic carbocycles. The zero-order chi connectivity index (χ0) is 11.5. The van der Waals surface area contributed by atoms with Crippen molar-refractivity contribution in [2.24, 2.45) is 7.05 Å². The first-order valence-electron chi connectivity index (χ1n) is 5.36. The number of benzene rings is 1. The van der Waals surface area contributed by atoms with Crippen molar-refractivity contribution in [2.75, 3.05) is 18.5 Å². The smallest absolute Gasteiger partial charge is 0.0640 e. The molecule has 0 saturated heterocycles. The second-order valence-electron chi connectivity index (χ2n) is 3.97. The normalized spacial score (nSPS) is 10.3. The van der Waals surface area contributed by atoms with Gasteiger partial charge < -0.3 is 9.47 Å². The van der Waals surface area contributed by atoms with E-state index in [1.165, 1.54) is 16.6 Å². The van der Waals surface area contributed by atoms with Crippen molar-refractivity contribution < 1.29 is 0 Å². The van der Waals surface area contributed by atoms with Gasteiger partial charge in [-0.1, -0.05) is 18.2 Å². The summed E-state index contributed by atoms with van der Waals surface area (Å²) in [4.78, 5) is 2.13. The van der Waals surface area contributed by atoms with Gasteiger partial charge >= 0.3 is 0 Å². The van der Waals surface area contributed by atoms with Crippen LogP contribution in [0.1, 0.15) is 6.42 Å². The number of nitrogens with zero attached hydrogens (tertiary/aromatic N) is 3. The minimum Gasteiger partial charge on any atom is -0.372 e. The van der Waals surface area contributed by atoms with E-state index in [1.807, 2.05) is 26.2 Å². The molecular formula is C13H15N3. The number of hydrogen-bond donors (Lipinski definition) is 0. The van der Waals surface area contributed by atoms with Crippen LogP contribution < -0.4 is 4.90 Å². The predicted octanol–water partition coefficient (Wildman–Crippen LogP) is 2.53. The first-order chi connectivity index (χ1) is 7.74. The number of rotatable bonds is 3. The number of aryl methyl sites for hydroxylation is 1. The fourth-order valence-electron chi connectivity index (χ4n) is 1.96. The van der Waals surface area contributed by atoms with Crippen LogP contribution in [0.4, 0.5) is 5.69 Å². The Morgan fingerprint density at radius 1 is 1.38 bits per heavy atom. The van der Waals surface area contributed by atoms with E-state index in [4.69, 9.17) is 5.26 Å². The zero-order valence-corrected chi connectivity index (χ0v) is 9.64. The molecule has 0 N–H and O–H groups in total. The lowest BCUT2D eigenvalue weighted by molar-refractivity contribution is 0.897. The van der Waals surface area contributed by atoms with Crippen molar-refractivity contribution in [3.05, 3.63) is 30.5 Å². The Hall–Kier alpha value is -1.95. The van der Waals surface area contributed by atoms with Gasteiger partial charge in [0.25, 0.3) is 0 Å². The molecule has 0 saturated carbocycles. The van der Waals surface area contributed by atoms with Crippen LogP contribution in [0.15, 0.2) is 30.5 Å². The second-order valence-corrected chi connectivity index (χ2v) is 3.97. The molecule has 1 heterocycles. The van der Waals surface area contributed by atoms with E-state index < -0.39 is 0 Å². The van der Waals surface area contributed by atoms with Gasteiger partial charge in [-0.05, 0) is 6.07 Å². The van der Waals surface area contributed by atoms with Gasteiger partial charge in [-0.15, -0.1) is 0 Å². The molecule has 1 aromatic carbocycles. The molecule has 3 heteroatoms. The molecule has 0 unspecified atom stereocenters. The van der Waals surface area contributed by atoms with Crippen LogP contribution in [0.25, 0.3) is 10.9 Å². The predicted molar refractivity (Wildman–Crippen MR) is 66.4 cm³/mol. The fourth-order valence-corrected chi connectivity index (χ4v) is 1.96. The van der Waals surface area contributed by atoms with Gasteiger partial charge in [0.1, 0.15) is 0 Å². The molecule has 0 radical (unpaired) electrons. The minimum atomic E-state index is 0.555. The molecule has 2 rings (SSSR count). The van der Waals surface area contributed by atoms with E-state index in [0.29, 0.717) is 6.42 Å². The highest BCUT2D eigenvalue weighted by Gasteiger charge is 2.09. The summed E-state index contributed by atoms with van der Waals surface area (Å²) in [6.07, 6.45) is 2.67. The van der Waals surface area contributed by atoms with Crippen LogP contribution in [0.5, 0.6) is 0 Å². The third kappa shape index (κ3) is 1.74. The van der Waals surface area contributed by atoms with Gasteiger partial charge in [0, 0.05) is 37.7 Å². The van der Waals surface area contributed by atoms with Gasteiger partial charge in [-0.3, -0.25) is 0 Å². The monoisotopic (exact) mass is 213 g/mol. The minimum absolute atomic E-state index is 0.555. The number of para-hydroxylation sites is 1. The standard InChI is InChI=1S/C13H15N3/c1-15(9-5-8-14)13-10-16(2)12-7-4-3-6-11(12)13/h3-4,6-7,10H,5,9H2,1-2H3. The molecule has 1 aromatic heterocycles. The van der Waals surface area contributed by atoms with Gasteiger partial charge in [0.05, 0.1) is 18.2 Å². The van der Waals surface area contributed by atoms with Gasteiger partial charge in [0.2, 0.25) is 0 Å². The number of anilines is 1. The van der Waals surface area contributed by atoms with Gasteiger partial charge in [-0.25, -0.2) is 0 Å². The SMILES string of the molecule is CN(CCC#N)c1cn(C)c2ccccc12. The van der Waals surface area contributed by atoms with E-state index in [1.54, 1.807) is 0 Å². The van der Waals surface area contributed by atoms with Crippen LogP contribution in [-0.4, -0.2) is 18.2 Å². The summed E-state index contributed by atoms with van der Waals surface area (Å²) in [5.74, 6) is 0. The number of nitriles is 1. The Morgan fingerprint density at radius 3 is 2.88 bits per heavy atom. The highest BCUT2D eigenvalue weighted by molar-refractivity contribution is 5.93. The topological polar surface area (TPSA) is 32.0 Å². The van der Waals surface area contributed by atoms with Crippen LogP contribution in [-0.2, 0) is 7.05 Å². The van der Waals surface area contributed by atoms with Crippen LogP contribution >= 0.6 is 0 Å². The maximum Gasteiger partial charge on any atom is 0.0640 e. The summed E-state index contributed by atoms with van der Waals surface area (Å²) in [6, 6.07) is 10.5. The summed E-state index contributed by atoms with van der Waals surface area (Å²) in [7, 11) is 4.07. The van der Waals surface area contributed by atoms with Crippen molar-refractivity contribution in [2.45, 2.75) is 6.42 Å². The lowest BCUT2D eigenvalue weighted by Gasteiger charge is -2.16. The molecule has 0 aliphatic rings. The summed E-state index contributed by atoms with van der Waals surface area (Å²) in [6.45, 7) is 0.768. The van der Waals surface area contributed by atoms with Crippen molar-refractivity contribution in [3.8, 4) is 6.07 Å². The first-order valence-corrected chi connectivity index (χ1v) is 5.36. The summed E-state index contributed by atoms with van der Waals surface area (Å²) >= 11 is 0. The molecule has 3 nitrogen and oxygen atoms in total. The maximum absolute atomic E-state index is 8.60. The van der Waals surface area contributed by atoms with Crippen molar-refractivity contribution >= 4 is 16.6 Å². The largest absolute Gasteiger partial charge is 0.372 e. The number of aromatic nitrogens is 1. The Labute approximate surface area is 95.5 Å². The van der Waals surface area contributed by atoms with E-state index in [9.17, 15) is 0 Å². The Kier molecular flexibility index (Phi) is 2.82. The molecule has 16 heavy (non-hydrogen) atoms. The van der Waals surface area contributed by atoms with Gasteiger partial charge in [0.15, 0.2) is 0 Å². The quantitative estimate of drug-likeness (QED) is 0.784. The molecule has 82 valence electrons. The maximum atomic E-state index is 8.60. The van der Waals surface area contributed by atoms with E-state index in [0.717, 1.165) is 6.54 Å². The Balaban J connectivity index is 2.41. The fraction of sp³-hybridized carbons (Fsp3) is 0.308. The Bertz CT molecular complexity index is 534. The van der Waals surface area contributed by atoms with E-state index in [2.05, 4.69) is 33.9 Å². The third-order valence-electron chi connectivity index (χ3n) is 2.85. The van der Waals surface area contributed by atoms with E-state index in [-0.39, 0.29) is 0 Å². The average Bonchev–Trinajstić information content (AvgIpc) is 2.65. The molecule has 0 bridgehead atoms. The molecule has 0 aliphatic heterocycles. The highest BCUT2D eigenvalue weighted by atomic mass is 15.1. The number of hydrogen-bond acceptors (Lipinski definition) is 2. The lowest BCUT2D eigenvalue weighted by Crippen LogP contribution is -2.17. The van der Waals surface area contributed by atoms with Gasteiger partial charge in [-0.2, -0.15) is 5.26 Å². The zero-order valence-electron chi connectivity index (χ0n) is 9.64. The van der Waals surface area contributed by atoms with Crippen LogP contribution in [0, 0.1) is 11.3 Å². The molecule has 0 fully saturated rings. The van der Waals surface area contributed by atoms with E-state index >= 15 is 0 Å². The molecular weight excluding hydrogens is 198 g/mol. The summed E-state index contributed by atoms with van der Waals surface area (Å²) in [5, 5.41) is 9.84. The molecule has 2 aromatic rings. The van der Waals surface area contributed by atoms with Crippen molar-refractivity contribution in [1.29, 1.82) is 5.26 Å². The van der Waals surface area contributed by atoms with Crippen molar-refractivity contribution in [3.63, 3.8) is 0 Å². The molecule has 0 spiro atoms. The second kappa shape index (κ2) is 4.28. The summed E-state index contributed by atoms with van der Waals surface area (Å²) in [5.41, 5.74) is 2.41. The molecule has 0 amide bonds. The highest BCUT2D eigenvalue weighted by Crippen LogP contribution is 2.27. The summed E-state index contributed by atoms with van der Waals surface area (Å²) < 4.78 is 2.12. The number of fused-ring (bicyclic) bond motifs is 1. The van der Waals surface area contributed by atoms with Crippen molar-refractivity contribution in [1.82, 2.24) is 4.57 Å². The third-order valence-corrected chi connectivity index (χ3v) is 2.85. The van der Waals surface area contributed by atoms with Crippen LogP contribution in [0.3, 0.4) is 0 Å².